The third kappa shape index (κ3) is 0.413. The number of fused-ring (bicyclic) bond motifs is 3. The van der Waals surface area contributed by atoms with Gasteiger partial charge in [0, 0.05) is 0 Å². The van der Waals surface area contributed by atoms with Gasteiger partial charge in [-0.3, -0.25) is 0 Å². The Morgan fingerprint density at radius 1 is 0.296 bits per heavy atom. The fourth-order valence-electron chi connectivity index (χ4n) is 15.5. The van der Waals surface area contributed by atoms with Crippen LogP contribution >= 0.6 is 0 Å². The summed E-state index contributed by atoms with van der Waals surface area (Å²) in [6, 6.07) is 0. The molecule has 9 fully saturated rings. The van der Waals surface area contributed by atoms with Crippen LogP contribution in [0.3, 0.4) is 0 Å². The zero-order valence-electron chi connectivity index (χ0n) is 14.6. The second-order valence-electron chi connectivity index (χ2n) is 11.9. The molecule has 0 atom stereocenters. The number of rotatable bonds is 0. The monoisotopic (exact) mass is 384 g/mol. The molecule has 144 valence electrons. The average Bonchev–Trinajstić information content (AvgIpc) is 3.30. The van der Waals surface area contributed by atoms with E-state index in [0.29, 0.717) is 19.3 Å². The first-order chi connectivity index (χ1) is 12.6. The normalized spacial score (nSPS) is 94.0. The van der Waals surface area contributed by atoms with Crippen molar-refractivity contribution < 1.29 is 26.3 Å². The SMILES string of the molecule is FC12C3(F)C45CCCC14C1(F)C5(F)C45CCCC14C1(F)C5(F)C34CCCC214. The lowest BCUT2D eigenvalue weighted by atomic mass is 8.81. The van der Waals surface area contributed by atoms with Gasteiger partial charge in [0.25, 0.3) is 0 Å². The van der Waals surface area contributed by atoms with Gasteiger partial charge in [-0.25, -0.2) is 26.3 Å². The summed E-state index contributed by atoms with van der Waals surface area (Å²) >= 11 is 0. The van der Waals surface area contributed by atoms with E-state index >= 15 is 26.3 Å². The molecule has 0 bridgehead atoms. The van der Waals surface area contributed by atoms with Gasteiger partial charge in [0.2, 0.25) is 0 Å². The summed E-state index contributed by atoms with van der Waals surface area (Å²) in [5, 5.41) is 0. The first-order valence-corrected chi connectivity index (χ1v) is 10.8. The Morgan fingerprint density at radius 2 is 0.444 bits per heavy atom. The van der Waals surface area contributed by atoms with Gasteiger partial charge in [-0.2, -0.15) is 0 Å². The molecule has 0 aliphatic heterocycles. The molecule has 0 aromatic carbocycles. The molecule has 27 heavy (non-hydrogen) atoms. The summed E-state index contributed by atoms with van der Waals surface area (Å²) in [6.07, 6.45) is 1.70. The molecule has 0 unspecified atom stereocenters. The molecule has 0 aromatic rings. The maximum Gasteiger partial charge on any atom is 0.165 e. The summed E-state index contributed by atoms with van der Waals surface area (Å²) in [5.41, 5.74) is -26.7. The van der Waals surface area contributed by atoms with Crippen molar-refractivity contribution in [2.24, 2.45) is 32.5 Å². The van der Waals surface area contributed by atoms with Crippen molar-refractivity contribution in [1.82, 2.24) is 0 Å². The van der Waals surface area contributed by atoms with Crippen molar-refractivity contribution in [2.45, 2.75) is 91.8 Å². The lowest BCUT2D eigenvalue weighted by Crippen LogP contribution is -3.38. The Morgan fingerprint density at radius 3 is 0.593 bits per heavy atom. The average molecular weight is 384 g/mol. The van der Waals surface area contributed by atoms with Crippen LogP contribution in [0.4, 0.5) is 26.3 Å². The van der Waals surface area contributed by atoms with Crippen LogP contribution in [-0.4, -0.2) is 34.0 Å². The van der Waals surface area contributed by atoms with Gasteiger partial charge in [-0.15, -0.1) is 0 Å². The highest BCUT2D eigenvalue weighted by atomic mass is 19.2. The Balaban J connectivity index is 1.52. The van der Waals surface area contributed by atoms with Gasteiger partial charge < -0.3 is 0 Å². The van der Waals surface area contributed by atoms with E-state index in [1.54, 1.807) is 0 Å². The molecule has 0 heterocycles. The summed E-state index contributed by atoms with van der Waals surface area (Å²) in [7, 11) is 0. The molecule has 9 saturated carbocycles. The van der Waals surface area contributed by atoms with Gasteiger partial charge in [-0.05, 0) is 38.5 Å². The van der Waals surface area contributed by atoms with Gasteiger partial charge in [0.15, 0.2) is 34.0 Å². The zero-order chi connectivity index (χ0) is 18.4. The van der Waals surface area contributed by atoms with Crippen LogP contribution in [0.5, 0.6) is 0 Å². The van der Waals surface area contributed by atoms with Crippen molar-refractivity contribution in [3.63, 3.8) is 0 Å². The van der Waals surface area contributed by atoms with Gasteiger partial charge in [-0.1, -0.05) is 19.3 Å². The number of halogens is 6. The minimum Gasteiger partial charge on any atom is -0.239 e. The predicted molar refractivity (Wildman–Crippen MR) is 79.2 cm³/mol. The van der Waals surface area contributed by atoms with E-state index in [2.05, 4.69) is 0 Å². The molecule has 0 radical (unpaired) electrons. The van der Waals surface area contributed by atoms with Crippen LogP contribution < -0.4 is 0 Å². The number of hydrogen-bond donors (Lipinski definition) is 0. The fraction of sp³-hybridized carbons (Fsp3) is 1.00. The molecule has 6 heteroatoms. The highest BCUT2D eigenvalue weighted by Gasteiger charge is 3.44. The smallest absolute Gasteiger partial charge is 0.165 e. The van der Waals surface area contributed by atoms with Crippen LogP contribution in [0.2, 0.25) is 0 Å². The van der Waals surface area contributed by atoms with Crippen LogP contribution in [0.1, 0.15) is 57.8 Å². The van der Waals surface area contributed by atoms with Crippen molar-refractivity contribution in [1.29, 1.82) is 0 Å². The summed E-state index contributed by atoms with van der Waals surface area (Å²) in [6.45, 7) is 0. The molecule has 0 N–H and O–H groups in total. The summed E-state index contributed by atoms with van der Waals surface area (Å²) in [5.74, 6) is 0. The molecule has 9 aliphatic rings. The maximum atomic E-state index is 16.9. The van der Waals surface area contributed by atoms with Crippen molar-refractivity contribution in [3.8, 4) is 0 Å². The molecular formula is C21H18F6. The standard InChI is InChI=1S/C21H18F6/c22-16-10-4-1-5-11(10)17(16,23)13-7-2-6-12(13,16)20(26)14-8-3-9-15(14,21(13,20)27)19(11,25)18(10,14)24/h1-9H2. The third-order valence-corrected chi connectivity index (χ3v) is 14.0. The third-order valence-electron chi connectivity index (χ3n) is 14.0. The van der Waals surface area contributed by atoms with E-state index in [1.807, 2.05) is 0 Å². The van der Waals surface area contributed by atoms with Crippen LogP contribution in [0, 0.1) is 32.5 Å². The van der Waals surface area contributed by atoms with Gasteiger partial charge >= 0.3 is 0 Å². The van der Waals surface area contributed by atoms with Crippen LogP contribution in [-0.2, 0) is 0 Å². The van der Waals surface area contributed by atoms with Crippen molar-refractivity contribution in [3.05, 3.63) is 0 Å². The molecule has 0 saturated heterocycles. The lowest BCUT2D eigenvalue weighted by molar-refractivity contribution is -0.825. The van der Waals surface area contributed by atoms with E-state index in [9.17, 15) is 0 Å². The van der Waals surface area contributed by atoms with Gasteiger partial charge in [0.05, 0.1) is 32.5 Å². The lowest BCUT2D eigenvalue weighted by Gasteiger charge is -3.21. The van der Waals surface area contributed by atoms with Crippen LogP contribution in [0.25, 0.3) is 0 Å². The van der Waals surface area contributed by atoms with Crippen molar-refractivity contribution in [2.75, 3.05) is 0 Å². The second kappa shape index (κ2) is 2.38. The highest BCUT2D eigenvalue weighted by Crippen LogP contribution is 3.29. The quantitative estimate of drug-likeness (QED) is 0.527. The van der Waals surface area contributed by atoms with Crippen molar-refractivity contribution >= 4 is 0 Å². The van der Waals surface area contributed by atoms with Gasteiger partial charge in [0.1, 0.15) is 0 Å². The minimum atomic E-state index is -2.71. The summed E-state index contributed by atoms with van der Waals surface area (Å²) < 4.78 is 102. The van der Waals surface area contributed by atoms with E-state index in [4.69, 9.17) is 0 Å². The molecule has 0 aromatic heterocycles. The Bertz CT molecular complexity index is 793. The molecule has 0 amide bonds. The zero-order valence-corrected chi connectivity index (χ0v) is 14.6. The van der Waals surface area contributed by atoms with Crippen LogP contribution in [0.15, 0.2) is 0 Å². The molecule has 9 rings (SSSR count). The van der Waals surface area contributed by atoms with E-state index in [1.165, 1.54) is 0 Å². The molecule has 0 spiro atoms. The molecule has 0 nitrogen and oxygen atoms in total. The van der Waals surface area contributed by atoms with E-state index < -0.39 is 66.5 Å². The number of hydrogen-bond acceptors (Lipinski definition) is 0. The minimum absolute atomic E-state index is 0.0996. The first kappa shape index (κ1) is 13.7. The molecular weight excluding hydrogens is 366 g/mol. The fourth-order valence-corrected chi connectivity index (χ4v) is 15.5. The highest BCUT2D eigenvalue weighted by molar-refractivity contribution is 5.88. The number of alkyl halides is 6. The Labute approximate surface area is 151 Å². The predicted octanol–water partition coefficient (Wildman–Crippen LogP) is 4.80. The van der Waals surface area contributed by atoms with E-state index in [0.717, 1.165) is 0 Å². The topological polar surface area (TPSA) is 0 Å². The first-order valence-electron chi connectivity index (χ1n) is 10.8. The molecule has 9 aliphatic carbocycles. The van der Waals surface area contributed by atoms with E-state index in [-0.39, 0.29) is 38.5 Å². The Kier molecular flexibility index (Phi) is 1.21. The second-order valence-corrected chi connectivity index (χ2v) is 11.9. The Hall–Kier alpha value is -0.420. The largest absolute Gasteiger partial charge is 0.239 e. The maximum absolute atomic E-state index is 16.9. The summed E-state index contributed by atoms with van der Waals surface area (Å²) in [4.78, 5) is 0.